The maximum atomic E-state index is 13.2. The fourth-order valence-corrected chi connectivity index (χ4v) is 3.94. The van der Waals surface area contributed by atoms with Crippen molar-refractivity contribution in [3.8, 4) is 11.4 Å². The standard InChI is InChI=1S/C19H23FN4O/c1-2-19(10-3-11-19)18(25)21-15-8-9-16-22-23-17(24(16)12-15)13-4-6-14(20)7-5-13/h4-7,15H,2-3,8-12H2,1H3,(H,21,25). The number of aryl methyl sites for hydroxylation is 1. The summed E-state index contributed by atoms with van der Waals surface area (Å²) in [6.07, 6.45) is 5.73. The second-order valence-corrected chi connectivity index (χ2v) is 7.25. The summed E-state index contributed by atoms with van der Waals surface area (Å²) in [5.41, 5.74) is 0.698. The molecule has 1 aliphatic heterocycles. The smallest absolute Gasteiger partial charge is 0.226 e. The lowest BCUT2D eigenvalue weighted by molar-refractivity contribution is -0.137. The molecule has 1 N–H and O–H groups in total. The highest BCUT2D eigenvalue weighted by Gasteiger charge is 2.43. The van der Waals surface area contributed by atoms with E-state index >= 15 is 0 Å². The van der Waals surface area contributed by atoms with Gasteiger partial charge in [0.05, 0.1) is 0 Å². The second-order valence-electron chi connectivity index (χ2n) is 7.25. The molecule has 1 fully saturated rings. The molecule has 0 saturated heterocycles. The van der Waals surface area contributed by atoms with E-state index in [-0.39, 0.29) is 23.2 Å². The van der Waals surface area contributed by atoms with Crippen LogP contribution in [0.25, 0.3) is 11.4 Å². The van der Waals surface area contributed by atoms with E-state index in [1.54, 1.807) is 12.1 Å². The van der Waals surface area contributed by atoms with Crippen molar-refractivity contribution in [2.45, 2.75) is 58.0 Å². The number of aromatic nitrogens is 3. The van der Waals surface area contributed by atoms with Crippen LogP contribution >= 0.6 is 0 Å². The Hall–Kier alpha value is -2.24. The minimum atomic E-state index is -0.266. The van der Waals surface area contributed by atoms with E-state index in [0.29, 0.717) is 6.54 Å². The molecule has 2 aliphatic rings. The van der Waals surface area contributed by atoms with E-state index in [4.69, 9.17) is 0 Å². The van der Waals surface area contributed by atoms with Crippen LogP contribution in [0.4, 0.5) is 4.39 Å². The van der Waals surface area contributed by atoms with E-state index in [1.165, 1.54) is 12.1 Å². The number of nitrogens with zero attached hydrogens (tertiary/aromatic N) is 3. The molecule has 2 aromatic rings. The minimum Gasteiger partial charge on any atom is -0.351 e. The summed E-state index contributed by atoms with van der Waals surface area (Å²) in [6.45, 7) is 2.77. The highest BCUT2D eigenvalue weighted by molar-refractivity contribution is 5.83. The zero-order valence-corrected chi connectivity index (χ0v) is 14.5. The Morgan fingerprint density at radius 1 is 1.32 bits per heavy atom. The van der Waals surface area contributed by atoms with Gasteiger partial charge in [-0.2, -0.15) is 0 Å². The highest BCUT2D eigenvalue weighted by atomic mass is 19.1. The van der Waals surface area contributed by atoms with E-state index in [0.717, 1.165) is 55.7 Å². The summed E-state index contributed by atoms with van der Waals surface area (Å²) < 4.78 is 15.2. The van der Waals surface area contributed by atoms with E-state index in [9.17, 15) is 9.18 Å². The van der Waals surface area contributed by atoms with Gasteiger partial charge in [0, 0.05) is 30.0 Å². The number of halogens is 1. The molecule has 1 aromatic heterocycles. The number of hydrogen-bond donors (Lipinski definition) is 1. The summed E-state index contributed by atoms with van der Waals surface area (Å²) in [6, 6.07) is 6.39. The van der Waals surface area contributed by atoms with Crippen LogP contribution in [0, 0.1) is 11.2 Å². The molecule has 1 amide bonds. The van der Waals surface area contributed by atoms with Gasteiger partial charge in [-0.3, -0.25) is 4.79 Å². The van der Waals surface area contributed by atoms with Crippen LogP contribution in [0.1, 0.15) is 44.9 Å². The predicted octanol–water partition coefficient (Wildman–Crippen LogP) is 3.10. The Kier molecular flexibility index (Phi) is 4.06. The Bertz CT molecular complexity index is 774. The molecule has 5 nitrogen and oxygen atoms in total. The number of nitrogens with one attached hydrogen (secondary N) is 1. The van der Waals surface area contributed by atoms with Crippen LogP contribution in [-0.4, -0.2) is 26.7 Å². The Morgan fingerprint density at radius 2 is 2.08 bits per heavy atom. The van der Waals surface area contributed by atoms with Gasteiger partial charge in [0.2, 0.25) is 5.91 Å². The molecule has 0 radical (unpaired) electrons. The Balaban J connectivity index is 1.52. The van der Waals surface area contributed by atoms with Crippen LogP contribution in [0.5, 0.6) is 0 Å². The molecule has 2 heterocycles. The third-order valence-electron chi connectivity index (χ3n) is 5.85. The van der Waals surface area contributed by atoms with Gasteiger partial charge in [0.1, 0.15) is 11.6 Å². The number of fused-ring (bicyclic) bond motifs is 1. The molecule has 1 atom stereocenters. The molecule has 25 heavy (non-hydrogen) atoms. The van der Waals surface area contributed by atoms with Gasteiger partial charge < -0.3 is 9.88 Å². The quantitative estimate of drug-likeness (QED) is 0.929. The molecular formula is C19H23FN4O. The van der Waals surface area contributed by atoms with Crippen LogP contribution < -0.4 is 5.32 Å². The lowest BCUT2D eigenvalue weighted by Crippen LogP contribution is -2.50. The Morgan fingerprint density at radius 3 is 2.72 bits per heavy atom. The second kappa shape index (κ2) is 6.24. The van der Waals surface area contributed by atoms with Gasteiger partial charge in [-0.1, -0.05) is 13.3 Å². The normalized spacial score (nSPS) is 21.3. The summed E-state index contributed by atoms with van der Waals surface area (Å²) in [4.78, 5) is 12.7. The van der Waals surface area contributed by atoms with E-state index in [1.807, 2.05) is 0 Å². The first-order chi connectivity index (χ1) is 12.1. The highest BCUT2D eigenvalue weighted by Crippen LogP contribution is 2.44. The first kappa shape index (κ1) is 16.2. The fourth-order valence-electron chi connectivity index (χ4n) is 3.94. The summed E-state index contributed by atoms with van der Waals surface area (Å²) >= 11 is 0. The fraction of sp³-hybridized carbons (Fsp3) is 0.526. The zero-order chi connectivity index (χ0) is 17.4. The summed E-state index contributed by atoms with van der Waals surface area (Å²) in [5.74, 6) is 1.60. The van der Waals surface area contributed by atoms with Crippen LogP contribution in [0.2, 0.25) is 0 Å². The van der Waals surface area contributed by atoms with Gasteiger partial charge in [-0.25, -0.2) is 4.39 Å². The molecule has 0 bridgehead atoms. The van der Waals surface area contributed by atoms with Gasteiger partial charge in [-0.05, 0) is 49.9 Å². The largest absolute Gasteiger partial charge is 0.351 e. The van der Waals surface area contributed by atoms with Gasteiger partial charge in [0.25, 0.3) is 0 Å². The van der Waals surface area contributed by atoms with Crippen molar-refractivity contribution in [2.75, 3.05) is 0 Å². The van der Waals surface area contributed by atoms with Crippen LogP contribution in [0.3, 0.4) is 0 Å². The van der Waals surface area contributed by atoms with Crippen molar-refractivity contribution in [3.05, 3.63) is 35.9 Å². The lowest BCUT2D eigenvalue weighted by atomic mass is 9.66. The first-order valence-corrected chi connectivity index (χ1v) is 9.10. The van der Waals surface area contributed by atoms with Gasteiger partial charge in [-0.15, -0.1) is 10.2 Å². The topological polar surface area (TPSA) is 59.8 Å². The number of amides is 1. The number of carbonyl (C=O) groups excluding carboxylic acids is 1. The van der Waals surface area contributed by atoms with Crippen molar-refractivity contribution >= 4 is 5.91 Å². The third kappa shape index (κ3) is 2.83. The third-order valence-corrected chi connectivity index (χ3v) is 5.85. The minimum absolute atomic E-state index is 0.0965. The number of carbonyl (C=O) groups is 1. The molecule has 1 aliphatic carbocycles. The van der Waals surface area contributed by atoms with Crippen molar-refractivity contribution in [1.29, 1.82) is 0 Å². The van der Waals surface area contributed by atoms with E-state index in [2.05, 4.69) is 27.0 Å². The molecule has 1 saturated carbocycles. The number of hydrogen-bond acceptors (Lipinski definition) is 3. The van der Waals surface area contributed by atoms with Crippen molar-refractivity contribution < 1.29 is 9.18 Å². The van der Waals surface area contributed by atoms with E-state index < -0.39 is 0 Å². The van der Waals surface area contributed by atoms with Crippen LogP contribution in [-0.2, 0) is 17.8 Å². The monoisotopic (exact) mass is 342 g/mol. The lowest BCUT2D eigenvalue weighted by Gasteiger charge is -2.41. The summed E-state index contributed by atoms with van der Waals surface area (Å²) in [5, 5.41) is 11.8. The average Bonchev–Trinajstić information content (AvgIpc) is 2.98. The molecule has 4 rings (SSSR count). The van der Waals surface area contributed by atoms with Crippen LogP contribution in [0.15, 0.2) is 24.3 Å². The molecule has 0 spiro atoms. The average molecular weight is 342 g/mol. The predicted molar refractivity (Wildman–Crippen MR) is 92.2 cm³/mol. The zero-order valence-electron chi connectivity index (χ0n) is 14.5. The first-order valence-electron chi connectivity index (χ1n) is 9.10. The van der Waals surface area contributed by atoms with Crippen molar-refractivity contribution in [1.82, 2.24) is 20.1 Å². The number of rotatable bonds is 4. The van der Waals surface area contributed by atoms with Gasteiger partial charge in [0.15, 0.2) is 5.82 Å². The summed E-state index contributed by atoms with van der Waals surface area (Å²) in [7, 11) is 0. The van der Waals surface area contributed by atoms with Crippen molar-refractivity contribution in [3.63, 3.8) is 0 Å². The number of benzene rings is 1. The van der Waals surface area contributed by atoms with Crippen molar-refractivity contribution in [2.24, 2.45) is 5.41 Å². The molecule has 132 valence electrons. The molecule has 6 heteroatoms. The maximum Gasteiger partial charge on any atom is 0.226 e. The Labute approximate surface area is 146 Å². The van der Waals surface area contributed by atoms with Gasteiger partial charge >= 0.3 is 0 Å². The molecule has 1 aromatic carbocycles. The maximum absolute atomic E-state index is 13.2. The molecule has 1 unspecified atom stereocenters. The molecular weight excluding hydrogens is 319 g/mol. The SMILES string of the molecule is CCC1(C(=O)NC2CCc3nnc(-c4ccc(F)cc4)n3C2)CCC1.